The number of benzene rings is 3. The molecule has 0 fully saturated rings. The van der Waals surface area contributed by atoms with E-state index in [9.17, 15) is 17.6 Å². The summed E-state index contributed by atoms with van der Waals surface area (Å²) in [7, 11) is -2.03. The van der Waals surface area contributed by atoms with Gasteiger partial charge < -0.3 is 4.74 Å². The first-order valence-electron chi connectivity index (χ1n) is 10.6. The molecule has 0 saturated carbocycles. The van der Waals surface area contributed by atoms with Gasteiger partial charge in [0.1, 0.15) is 11.6 Å². The number of halogens is 1. The van der Waals surface area contributed by atoms with E-state index < -0.39 is 15.7 Å². The summed E-state index contributed by atoms with van der Waals surface area (Å²) >= 11 is 1.39. The van der Waals surface area contributed by atoms with E-state index >= 15 is 0 Å². The largest absolute Gasteiger partial charge is 0.497 e. The van der Waals surface area contributed by atoms with Crippen LogP contribution < -0.4 is 9.64 Å². The Labute approximate surface area is 201 Å². The van der Waals surface area contributed by atoms with Gasteiger partial charge in [-0.3, -0.25) is 9.69 Å². The van der Waals surface area contributed by atoms with E-state index in [1.807, 2.05) is 48.5 Å². The highest BCUT2D eigenvalue weighted by atomic mass is 32.2. The van der Waals surface area contributed by atoms with Crippen LogP contribution in [0.1, 0.15) is 18.4 Å². The average molecular weight is 499 g/mol. The number of carbonyl (C=O) groups is 1. The smallest absolute Gasteiger partial charge is 0.229 e. The van der Waals surface area contributed by atoms with Crippen LogP contribution in [-0.2, 0) is 21.2 Å². The molecule has 176 valence electrons. The van der Waals surface area contributed by atoms with E-state index in [2.05, 4.69) is 4.98 Å². The molecule has 6 nitrogen and oxygen atoms in total. The molecule has 0 saturated heterocycles. The SMILES string of the molecule is COc1ccc2sc(N(Cc3ccccc3)C(=O)CCCS(=O)(=O)c3ccc(F)cc3)nc2c1. The molecule has 1 aromatic heterocycles. The average Bonchev–Trinajstić information content (AvgIpc) is 3.26. The Bertz CT molecular complexity index is 1390. The van der Waals surface area contributed by atoms with Crippen LogP contribution >= 0.6 is 11.3 Å². The summed E-state index contributed by atoms with van der Waals surface area (Å²) in [5, 5.41) is 0.540. The Morgan fingerprint density at radius 1 is 1.06 bits per heavy atom. The summed E-state index contributed by atoms with van der Waals surface area (Å²) in [6.07, 6.45) is 0.176. The van der Waals surface area contributed by atoms with Crippen LogP contribution in [0.25, 0.3) is 10.2 Å². The lowest BCUT2D eigenvalue weighted by molar-refractivity contribution is -0.118. The summed E-state index contributed by atoms with van der Waals surface area (Å²) in [6, 6.07) is 19.8. The zero-order chi connectivity index (χ0) is 24.1. The van der Waals surface area contributed by atoms with Crippen molar-refractivity contribution in [2.45, 2.75) is 24.3 Å². The number of ether oxygens (including phenoxy) is 1. The van der Waals surface area contributed by atoms with Gasteiger partial charge in [-0.05, 0) is 48.4 Å². The zero-order valence-electron chi connectivity index (χ0n) is 18.5. The highest BCUT2D eigenvalue weighted by molar-refractivity contribution is 7.91. The fraction of sp³-hybridized carbons (Fsp3) is 0.200. The predicted octanol–water partition coefficient (Wildman–Crippen LogP) is 5.23. The summed E-state index contributed by atoms with van der Waals surface area (Å²) in [5.41, 5.74) is 1.66. The van der Waals surface area contributed by atoms with Gasteiger partial charge in [0, 0.05) is 12.5 Å². The first kappa shape index (κ1) is 23.8. The number of fused-ring (bicyclic) bond motifs is 1. The number of methoxy groups -OCH3 is 1. The van der Waals surface area contributed by atoms with Gasteiger partial charge in [-0.1, -0.05) is 41.7 Å². The molecular weight excluding hydrogens is 475 g/mol. The second-order valence-corrected chi connectivity index (χ2v) is 10.8. The number of rotatable bonds is 9. The monoisotopic (exact) mass is 498 g/mol. The third kappa shape index (κ3) is 5.60. The minimum Gasteiger partial charge on any atom is -0.497 e. The highest BCUT2D eigenvalue weighted by Gasteiger charge is 2.22. The molecule has 0 aliphatic rings. The van der Waals surface area contributed by atoms with E-state index in [1.165, 1.54) is 23.5 Å². The number of anilines is 1. The molecule has 0 atom stereocenters. The van der Waals surface area contributed by atoms with Crippen molar-refractivity contribution in [1.29, 1.82) is 0 Å². The molecule has 0 spiro atoms. The topological polar surface area (TPSA) is 76.6 Å². The van der Waals surface area contributed by atoms with E-state index in [0.717, 1.165) is 27.9 Å². The fourth-order valence-corrected chi connectivity index (χ4v) is 5.75. The normalized spacial score (nSPS) is 11.5. The van der Waals surface area contributed by atoms with Crippen molar-refractivity contribution in [3.63, 3.8) is 0 Å². The molecule has 9 heteroatoms. The van der Waals surface area contributed by atoms with Crippen molar-refractivity contribution in [2.75, 3.05) is 17.8 Å². The molecule has 0 unspecified atom stereocenters. The van der Waals surface area contributed by atoms with Crippen molar-refractivity contribution >= 4 is 42.4 Å². The lowest BCUT2D eigenvalue weighted by Gasteiger charge is -2.20. The summed E-state index contributed by atoms with van der Waals surface area (Å²) in [4.78, 5) is 19.5. The van der Waals surface area contributed by atoms with E-state index in [-0.39, 0.29) is 29.4 Å². The summed E-state index contributed by atoms with van der Waals surface area (Å²) < 4.78 is 44.4. The predicted molar refractivity (Wildman–Crippen MR) is 131 cm³/mol. The Kier molecular flexibility index (Phi) is 7.23. The third-order valence-electron chi connectivity index (χ3n) is 5.28. The van der Waals surface area contributed by atoms with Crippen LogP contribution in [0.4, 0.5) is 9.52 Å². The standard InChI is InChI=1S/C25H23FN2O4S2/c1-32-20-11-14-23-22(16-20)27-25(33-23)28(17-18-6-3-2-4-7-18)24(29)8-5-15-34(30,31)21-12-9-19(26)10-13-21/h2-4,6-7,9-14,16H,5,8,15,17H2,1H3. The lowest BCUT2D eigenvalue weighted by Crippen LogP contribution is -2.30. The van der Waals surface area contributed by atoms with Crippen LogP contribution in [0.15, 0.2) is 77.7 Å². The first-order valence-corrected chi connectivity index (χ1v) is 13.1. The van der Waals surface area contributed by atoms with Gasteiger partial charge in [-0.15, -0.1) is 0 Å². The Hall–Kier alpha value is -3.30. The van der Waals surface area contributed by atoms with Gasteiger partial charge >= 0.3 is 0 Å². The fourth-order valence-electron chi connectivity index (χ4n) is 3.47. The van der Waals surface area contributed by atoms with E-state index in [1.54, 1.807) is 12.0 Å². The number of thiazole rings is 1. The number of amides is 1. The Morgan fingerprint density at radius 2 is 1.79 bits per heavy atom. The number of hydrogen-bond acceptors (Lipinski definition) is 6. The highest BCUT2D eigenvalue weighted by Crippen LogP contribution is 2.32. The molecule has 0 aliphatic carbocycles. The van der Waals surface area contributed by atoms with Crippen molar-refractivity contribution in [2.24, 2.45) is 0 Å². The molecule has 0 aliphatic heterocycles. The maximum Gasteiger partial charge on any atom is 0.229 e. The van der Waals surface area contributed by atoms with Gasteiger partial charge in [0.2, 0.25) is 5.91 Å². The van der Waals surface area contributed by atoms with Crippen LogP contribution in [-0.4, -0.2) is 32.2 Å². The van der Waals surface area contributed by atoms with Crippen LogP contribution in [0, 0.1) is 5.82 Å². The van der Waals surface area contributed by atoms with Crippen LogP contribution in [0.2, 0.25) is 0 Å². The van der Waals surface area contributed by atoms with Gasteiger partial charge in [0.25, 0.3) is 0 Å². The zero-order valence-corrected chi connectivity index (χ0v) is 20.1. The minimum absolute atomic E-state index is 0.0342. The third-order valence-corrected chi connectivity index (χ3v) is 8.15. The molecule has 0 radical (unpaired) electrons. The maximum absolute atomic E-state index is 13.2. The minimum atomic E-state index is -3.61. The van der Waals surface area contributed by atoms with E-state index in [0.29, 0.717) is 17.4 Å². The Balaban J connectivity index is 1.53. The van der Waals surface area contributed by atoms with Crippen LogP contribution in [0.3, 0.4) is 0 Å². The Morgan fingerprint density at radius 3 is 2.50 bits per heavy atom. The molecule has 1 heterocycles. The number of nitrogens with zero attached hydrogens (tertiary/aromatic N) is 2. The number of sulfone groups is 1. The van der Waals surface area contributed by atoms with E-state index in [4.69, 9.17) is 4.74 Å². The molecular formula is C25H23FN2O4S2. The van der Waals surface area contributed by atoms with Crippen molar-refractivity contribution in [1.82, 2.24) is 4.98 Å². The quantitative estimate of drug-likeness (QED) is 0.295. The molecule has 0 N–H and O–H groups in total. The summed E-state index contributed by atoms with van der Waals surface area (Å²) in [6.45, 7) is 0.321. The molecule has 0 bridgehead atoms. The number of aromatic nitrogens is 1. The first-order chi connectivity index (χ1) is 16.4. The van der Waals surface area contributed by atoms with Gasteiger partial charge in [-0.2, -0.15) is 0 Å². The molecule has 4 rings (SSSR count). The molecule has 4 aromatic rings. The summed E-state index contributed by atoms with van der Waals surface area (Å²) in [5.74, 6) is -0.250. The molecule has 3 aromatic carbocycles. The number of hydrogen-bond donors (Lipinski definition) is 0. The van der Waals surface area contributed by atoms with Gasteiger partial charge in [0.05, 0.1) is 34.5 Å². The van der Waals surface area contributed by atoms with Gasteiger partial charge in [0.15, 0.2) is 15.0 Å². The van der Waals surface area contributed by atoms with Crippen molar-refractivity contribution < 1.29 is 22.3 Å². The molecule has 34 heavy (non-hydrogen) atoms. The van der Waals surface area contributed by atoms with Crippen molar-refractivity contribution in [3.05, 3.63) is 84.2 Å². The maximum atomic E-state index is 13.2. The molecule has 1 amide bonds. The van der Waals surface area contributed by atoms with Gasteiger partial charge in [-0.25, -0.2) is 17.8 Å². The second-order valence-electron chi connectivity index (χ2n) is 7.67. The second kappa shape index (κ2) is 10.3. The number of carbonyl (C=O) groups excluding carboxylic acids is 1. The van der Waals surface area contributed by atoms with Crippen LogP contribution in [0.5, 0.6) is 5.75 Å². The lowest BCUT2D eigenvalue weighted by atomic mass is 10.2. The van der Waals surface area contributed by atoms with Crippen molar-refractivity contribution in [3.8, 4) is 5.75 Å².